The van der Waals surface area contributed by atoms with Crippen molar-refractivity contribution in [3.05, 3.63) is 54.2 Å². The minimum absolute atomic E-state index is 0.0752. The van der Waals surface area contributed by atoms with Crippen molar-refractivity contribution in [2.75, 3.05) is 0 Å². The second kappa shape index (κ2) is 5.74. The first-order valence-electron chi connectivity index (χ1n) is 7.66. The van der Waals surface area contributed by atoms with Crippen LogP contribution in [0.3, 0.4) is 0 Å². The van der Waals surface area contributed by atoms with E-state index in [1.54, 1.807) is 28.6 Å². The van der Waals surface area contributed by atoms with Crippen molar-refractivity contribution in [3.63, 3.8) is 0 Å². The molecule has 2 heterocycles. The lowest BCUT2D eigenvalue weighted by Gasteiger charge is -2.10. The van der Waals surface area contributed by atoms with Gasteiger partial charge in [0, 0.05) is 35.0 Å². The van der Waals surface area contributed by atoms with E-state index in [0.29, 0.717) is 27.6 Å². The van der Waals surface area contributed by atoms with Crippen molar-refractivity contribution in [2.45, 2.75) is 11.1 Å². The van der Waals surface area contributed by atoms with E-state index in [0.717, 1.165) is 12.1 Å². The van der Waals surface area contributed by atoms with Gasteiger partial charge in [0.05, 0.1) is 21.5 Å². The number of rotatable bonds is 2. The van der Waals surface area contributed by atoms with E-state index in [1.807, 2.05) is 0 Å². The molecule has 0 aliphatic rings. The number of aromatic nitrogens is 3. The number of benzene rings is 2. The summed E-state index contributed by atoms with van der Waals surface area (Å²) in [5.74, 6) is 0. The first-order chi connectivity index (χ1) is 12.6. The molecule has 0 radical (unpaired) electrons. The van der Waals surface area contributed by atoms with E-state index in [9.17, 15) is 21.6 Å². The molecule has 4 rings (SSSR count). The van der Waals surface area contributed by atoms with E-state index in [1.165, 1.54) is 24.3 Å². The minimum atomic E-state index is -4.43. The number of nitrogens with zero attached hydrogens (tertiary/aromatic N) is 3. The van der Waals surface area contributed by atoms with Crippen LogP contribution < -0.4 is 0 Å². The van der Waals surface area contributed by atoms with Crippen LogP contribution >= 0.6 is 10.7 Å². The largest absolute Gasteiger partial charge is 0.416 e. The summed E-state index contributed by atoms with van der Waals surface area (Å²) in [5, 5.41) is 4.88. The Morgan fingerprint density at radius 3 is 2.30 bits per heavy atom. The number of aryl methyl sites for hydroxylation is 1. The molecule has 0 aliphatic carbocycles. The molecular weight excluding hydrogens is 403 g/mol. The third-order valence-corrected chi connectivity index (χ3v) is 5.60. The van der Waals surface area contributed by atoms with Crippen LogP contribution in [0.2, 0.25) is 0 Å². The standard InChI is InChI=1S/C17H11ClF3N3O2S/c1-23-9-15-16(22-23)13-8-12(27(18,25)26)6-7-14(13)24(15)11-4-2-10(3-5-11)17(19,20)21/h2-9H,1H3. The van der Waals surface area contributed by atoms with Crippen LogP contribution in [-0.4, -0.2) is 22.8 Å². The lowest BCUT2D eigenvalue weighted by Crippen LogP contribution is -2.05. The van der Waals surface area contributed by atoms with Crippen molar-refractivity contribution in [1.29, 1.82) is 0 Å². The zero-order valence-corrected chi connectivity index (χ0v) is 15.3. The molecule has 140 valence electrons. The summed E-state index contributed by atoms with van der Waals surface area (Å²) in [7, 11) is 3.20. The summed E-state index contributed by atoms with van der Waals surface area (Å²) in [6, 6.07) is 9.05. The lowest BCUT2D eigenvalue weighted by molar-refractivity contribution is -0.137. The Kier molecular flexibility index (Phi) is 3.80. The summed E-state index contributed by atoms with van der Waals surface area (Å²) < 4.78 is 65.1. The molecule has 0 saturated heterocycles. The Balaban J connectivity index is 2.01. The monoisotopic (exact) mass is 413 g/mol. The zero-order chi connectivity index (χ0) is 19.6. The Bertz CT molecular complexity index is 1290. The number of hydrogen-bond donors (Lipinski definition) is 0. The number of halogens is 4. The Morgan fingerprint density at radius 1 is 1.04 bits per heavy atom. The fourth-order valence-electron chi connectivity index (χ4n) is 3.09. The van der Waals surface area contributed by atoms with E-state index < -0.39 is 20.8 Å². The second-order valence-electron chi connectivity index (χ2n) is 6.03. The predicted octanol–water partition coefficient (Wildman–Crippen LogP) is 4.46. The zero-order valence-electron chi connectivity index (χ0n) is 13.7. The predicted molar refractivity (Wildman–Crippen MR) is 95.6 cm³/mol. The molecule has 0 fully saturated rings. The molecule has 0 aliphatic heterocycles. The van der Waals surface area contributed by atoms with Gasteiger partial charge < -0.3 is 4.57 Å². The highest BCUT2D eigenvalue weighted by atomic mass is 35.7. The van der Waals surface area contributed by atoms with E-state index in [4.69, 9.17) is 10.7 Å². The number of alkyl halides is 3. The smallest absolute Gasteiger partial charge is 0.306 e. The van der Waals surface area contributed by atoms with Gasteiger partial charge in [0.1, 0.15) is 5.52 Å². The molecule has 2 aromatic heterocycles. The fourth-order valence-corrected chi connectivity index (χ4v) is 3.87. The van der Waals surface area contributed by atoms with E-state index in [2.05, 4.69) is 5.10 Å². The van der Waals surface area contributed by atoms with Gasteiger partial charge in [-0.2, -0.15) is 18.3 Å². The second-order valence-corrected chi connectivity index (χ2v) is 8.60. The minimum Gasteiger partial charge on any atom is -0.306 e. The topological polar surface area (TPSA) is 56.9 Å². The van der Waals surface area contributed by atoms with E-state index in [-0.39, 0.29) is 4.90 Å². The van der Waals surface area contributed by atoms with Gasteiger partial charge in [-0.25, -0.2) is 8.42 Å². The molecule has 0 atom stereocenters. The molecule has 2 aromatic carbocycles. The van der Waals surface area contributed by atoms with Crippen molar-refractivity contribution in [2.24, 2.45) is 7.05 Å². The van der Waals surface area contributed by atoms with Crippen LogP contribution in [0.5, 0.6) is 0 Å². The van der Waals surface area contributed by atoms with Crippen LogP contribution in [-0.2, 0) is 22.3 Å². The normalized spacial score (nSPS) is 12.9. The van der Waals surface area contributed by atoms with Crippen molar-refractivity contribution < 1.29 is 21.6 Å². The first-order valence-corrected chi connectivity index (χ1v) is 9.97. The summed E-state index contributed by atoms with van der Waals surface area (Å²) in [6.07, 6.45) is -2.72. The number of fused-ring (bicyclic) bond motifs is 3. The molecule has 0 unspecified atom stereocenters. The van der Waals surface area contributed by atoms with Gasteiger partial charge in [-0.05, 0) is 42.5 Å². The Labute approximate surface area is 156 Å². The third kappa shape index (κ3) is 2.96. The van der Waals surface area contributed by atoms with Gasteiger partial charge in [-0.1, -0.05) is 0 Å². The Morgan fingerprint density at radius 2 is 1.70 bits per heavy atom. The van der Waals surface area contributed by atoms with E-state index >= 15 is 0 Å². The summed E-state index contributed by atoms with van der Waals surface area (Å²) >= 11 is 0. The van der Waals surface area contributed by atoms with Crippen molar-refractivity contribution in [1.82, 2.24) is 14.3 Å². The summed E-state index contributed by atoms with van der Waals surface area (Å²) in [5.41, 5.74) is 1.51. The molecule has 27 heavy (non-hydrogen) atoms. The molecule has 4 aromatic rings. The SMILES string of the molecule is Cn1cc2c(n1)c1cc(S(=O)(=O)Cl)ccc1n2-c1ccc(C(F)(F)F)cc1. The maximum Gasteiger partial charge on any atom is 0.416 e. The van der Waals surface area contributed by atoms with Crippen LogP contribution in [0.1, 0.15) is 5.56 Å². The van der Waals surface area contributed by atoms with Crippen LogP contribution in [0.25, 0.3) is 27.6 Å². The van der Waals surface area contributed by atoms with Gasteiger partial charge in [0.25, 0.3) is 9.05 Å². The van der Waals surface area contributed by atoms with Crippen molar-refractivity contribution >= 4 is 41.7 Å². The quantitative estimate of drug-likeness (QED) is 0.456. The maximum absolute atomic E-state index is 12.8. The average Bonchev–Trinajstić information content (AvgIpc) is 3.07. The maximum atomic E-state index is 12.8. The molecule has 0 saturated carbocycles. The lowest BCUT2D eigenvalue weighted by atomic mass is 10.2. The van der Waals surface area contributed by atoms with Crippen LogP contribution in [0.15, 0.2) is 53.6 Å². The molecule has 0 amide bonds. The highest BCUT2D eigenvalue weighted by Crippen LogP contribution is 2.35. The summed E-state index contributed by atoms with van der Waals surface area (Å²) in [4.78, 5) is -0.0752. The highest BCUT2D eigenvalue weighted by molar-refractivity contribution is 8.13. The van der Waals surface area contributed by atoms with Crippen LogP contribution in [0.4, 0.5) is 13.2 Å². The summed E-state index contributed by atoms with van der Waals surface area (Å²) in [6.45, 7) is 0. The molecule has 5 nitrogen and oxygen atoms in total. The van der Waals surface area contributed by atoms with Gasteiger partial charge >= 0.3 is 6.18 Å². The molecule has 10 heteroatoms. The third-order valence-electron chi connectivity index (χ3n) is 4.25. The number of hydrogen-bond acceptors (Lipinski definition) is 3. The fraction of sp³-hybridized carbons (Fsp3) is 0.118. The van der Waals surface area contributed by atoms with Crippen molar-refractivity contribution in [3.8, 4) is 5.69 Å². The molecule has 0 spiro atoms. The molecular formula is C17H11ClF3N3O2S. The van der Waals surface area contributed by atoms with Gasteiger partial charge in [-0.3, -0.25) is 4.68 Å². The Hall–Kier alpha value is -2.52. The van der Waals surface area contributed by atoms with Gasteiger partial charge in [0.2, 0.25) is 0 Å². The first kappa shape index (κ1) is 17.9. The average molecular weight is 414 g/mol. The molecule has 0 N–H and O–H groups in total. The molecule has 0 bridgehead atoms. The highest BCUT2D eigenvalue weighted by Gasteiger charge is 2.30. The van der Waals surface area contributed by atoms with Crippen LogP contribution in [0, 0.1) is 0 Å². The van der Waals surface area contributed by atoms with Gasteiger partial charge in [0.15, 0.2) is 0 Å². The van der Waals surface area contributed by atoms with Gasteiger partial charge in [-0.15, -0.1) is 0 Å².